The summed E-state index contributed by atoms with van der Waals surface area (Å²) in [5, 5.41) is 0. The van der Waals surface area contributed by atoms with E-state index in [4.69, 9.17) is 18.9 Å². The average molecular weight is 318 g/mol. The molecule has 22 heavy (non-hydrogen) atoms. The predicted octanol–water partition coefficient (Wildman–Crippen LogP) is 2.48. The normalized spacial score (nSPS) is 13.5. The minimum absolute atomic E-state index is 0.0498. The molecule has 0 spiro atoms. The third-order valence-electron chi connectivity index (χ3n) is 3.45. The zero-order valence-electron chi connectivity index (χ0n) is 14.3. The topological polar surface area (TPSA) is 71.1 Å². The van der Waals surface area contributed by atoms with Crippen molar-refractivity contribution in [2.45, 2.75) is 64.6 Å². The minimum atomic E-state index is -0.255. The van der Waals surface area contributed by atoms with Gasteiger partial charge in [-0.15, -0.1) is 0 Å². The number of unbranched alkanes of at least 4 members (excludes halogenated alkanes) is 1. The molecule has 0 saturated heterocycles. The Kier molecular flexibility index (Phi) is 12.8. The second kappa shape index (κ2) is 13.5. The molecule has 2 unspecified atom stereocenters. The molecule has 130 valence electrons. The van der Waals surface area contributed by atoms with E-state index in [1.807, 2.05) is 13.8 Å². The second-order valence-corrected chi connectivity index (χ2v) is 5.11. The van der Waals surface area contributed by atoms with E-state index < -0.39 is 0 Å². The van der Waals surface area contributed by atoms with Gasteiger partial charge in [-0.3, -0.25) is 9.59 Å². The molecule has 0 aromatic heterocycles. The lowest BCUT2D eigenvalue weighted by Crippen LogP contribution is -2.20. The summed E-state index contributed by atoms with van der Waals surface area (Å²) in [5.41, 5.74) is 0. The average Bonchev–Trinajstić information content (AvgIpc) is 2.53. The van der Waals surface area contributed by atoms with Gasteiger partial charge in [0.15, 0.2) is 0 Å². The van der Waals surface area contributed by atoms with E-state index in [0.717, 1.165) is 12.8 Å². The Hall–Kier alpha value is -1.14. The summed E-state index contributed by atoms with van der Waals surface area (Å²) in [4.78, 5) is 23.0. The van der Waals surface area contributed by atoms with Crippen LogP contribution in [-0.4, -0.2) is 51.6 Å². The summed E-state index contributed by atoms with van der Waals surface area (Å²) in [6, 6.07) is 0. The summed E-state index contributed by atoms with van der Waals surface area (Å²) in [6.45, 7) is 4.51. The summed E-state index contributed by atoms with van der Waals surface area (Å²) < 4.78 is 20.5. The molecule has 0 N–H and O–H groups in total. The van der Waals surface area contributed by atoms with Crippen LogP contribution in [-0.2, 0) is 28.5 Å². The number of ether oxygens (including phenoxy) is 4. The fourth-order valence-corrected chi connectivity index (χ4v) is 1.76. The number of methoxy groups -OCH3 is 2. The van der Waals surface area contributed by atoms with Gasteiger partial charge in [0, 0.05) is 27.1 Å². The largest absolute Gasteiger partial charge is 0.463 e. The van der Waals surface area contributed by atoms with Gasteiger partial charge < -0.3 is 18.9 Å². The molecule has 0 aromatic rings. The van der Waals surface area contributed by atoms with Crippen LogP contribution >= 0.6 is 0 Å². The SMILES string of the molecule is CCC(COC(=O)CCCCC(=O)OCC(CC)OC)OC. The Morgan fingerprint density at radius 1 is 0.773 bits per heavy atom. The zero-order chi connectivity index (χ0) is 16.8. The van der Waals surface area contributed by atoms with Crippen LogP contribution in [0.25, 0.3) is 0 Å². The van der Waals surface area contributed by atoms with Crippen molar-refractivity contribution in [3.05, 3.63) is 0 Å². The smallest absolute Gasteiger partial charge is 0.305 e. The van der Waals surface area contributed by atoms with Crippen LogP contribution in [0.5, 0.6) is 0 Å². The van der Waals surface area contributed by atoms with E-state index in [1.54, 1.807) is 14.2 Å². The molecule has 0 rings (SSSR count). The minimum Gasteiger partial charge on any atom is -0.463 e. The number of rotatable bonds is 13. The van der Waals surface area contributed by atoms with E-state index in [2.05, 4.69) is 0 Å². The molecular weight excluding hydrogens is 288 g/mol. The van der Waals surface area contributed by atoms with Gasteiger partial charge in [0.25, 0.3) is 0 Å². The van der Waals surface area contributed by atoms with Gasteiger partial charge in [-0.2, -0.15) is 0 Å². The van der Waals surface area contributed by atoms with Crippen molar-refractivity contribution in [1.82, 2.24) is 0 Å². The maximum atomic E-state index is 11.5. The van der Waals surface area contributed by atoms with Crippen molar-refractivity contribution in [1.29, 1.82) is 0 Å². The maximum absolute atomic E-state index is 11.5. The number of carbonyl (C=O) groups is 2. The Labute approximate surface area is 133 Å². The first-order valence-electron chi connectivity index (χ1n) is 7.94. The highest BCUT2D eigenvalue weighted by atomic mass is 16.6. The molecular formula is C16H30O6. The monoisotopic (exact) mass is 318 g/mol. The first-order valence-corrected chi connectivity index (χ1v) is 7.94. The van der Waals surface area contributed by atoms with E-state index in [9.17, 15) is 9.59 Å². The highest BCUT2D eigenvalue weighted by Crippen LogP contribution is 2.05. The summed E-state index contributed by atoms with van der Waals surface area (Å²) >= 11 is 0. The van der Waals surface area contributed by atoms with Crippen LogP contribution < -0.4 is 0 Å². The van der Waals surface area contributed by atoms with E-state index in [0.29, 0.717) is 25.7 Å². The first kappa shape index (κ1) is 20.9. The summed E-state index contributed by atoms with van der Waals surface area (Å²) in [7, 11) is 3.20. The summed E-state index contributed by atoms with van der Waals surface area (Å²) in [5.74, 6) is -0.511. The fourth-order valence-electron chi connectivity index (χ4n) is 1.76. The van der Waals surface area contributed by atoms with Crippen molar-refractivity contribution in [2.75, 3.05) is 27.4 Å². The zero-order valence-corrected chi connectivity index (χ0v) is 14.3. The number of hydrogen-bond donors (Lipinski definition) is 0. The van der Waals surface area contributed by atoms with Crippen molar-refractivity contribution in [3.63, 3.8) is 0 Å². The highest BCUT2D eigenvalue weighted by Gasteiger charge is 2.11. The lowest BCUT2D eigenvalue weighted by atomic mass is 10.2. The highest BCUT2D eigenvalue weighted by molar-refractivity contribution is 5.70. The molecule has 0 aliphatic heterocycles. The number of esters is 2. The molecule has 0 saturated carbocycles. The molecule has 0 heterocycles. The first-order chi connectivity index (χ1) is 10.6. The Morgan fingerprint density at radius 3 is 1.41 bits per heavy atom. The van der Waals surface area contributed by atoms with Crippen molar-refractivity contribution in [2.24, 2.45) is 0 Å². The lowest BCUT2D eigenvalue weighted by molar-refractivity contribution is -0.149. The molecule has 0 radical (unpaired) electrons. The van der Waals surface area contributed by atoms with Gasteiger partial charge in [0.1, 0.15) is 13.2 Å². The van der Waals surface area contributed by atoms with Crippen LogP contribution in [0.15, 0.2) is 0 Å². The molecule has 0 aliphatic rings. The van der Waals surface area contributed by atoms with Gasteiger partial charge in [-0.25, -0.2) is 0 Å². The van der Waals surface area contributed by atoms with Crippen LogP contribution in [0.3, 0.4) is 0 Å². The predicted molar refractivity (Wildman–Crippen MR) is 82.6 cm³/mol. The van der Waals surface area contributed by atoms with E-state index in [-0.39, 0.29) is 37.4 Å². The van der Waals surface area contributed by atoms with Crippen LogP contribution in [0.1, 0.15) is 52.4 Å². The Balaban J connectivity index is 3.62. The Bertz CT molecular complexity index is 267. The van der Waals surface area contributed by atoms with Gasteiger partial charge in [-0.1, -0.05) is 13.8 Å². The quantitative estimate of drug-likeness (QED) is 0.384. The van der Waals surface area contributed by atoms with Crippen molar-refractivity contribution < 1.29 is 28.5 Å². The van der Waals surface area contributed by atoms with Crippen LogP contribution in [0.2, 0.25) is 0 Å². The molecule has 0 aromatic carbocycles. The van der Waals surface area contributed by atoms with Gasteiger partial charge >= 0.3 is 11.9 Å². The molecule has 0 aliphatic carbocycles. The summed E-state index contributed by atoms with van der Waals surface area (Å²) in [6.07, 6.45) is 3.34. The molecule has 0 fully saturated rings. The second-order valence-electron chi connectivity index (χ2n) is 5.11. The number of carbonyl (C=O) groups excluding carboxylic acids is 2. The van der Waals surface area contributed by atoms with E-state index >= 15 is 0 Å². The number of hydrogen-bond acceptors (Lipinski definition) is 6. The van der Waals surface area contributed by atoms with Crippen molar-refractivity contribution >= 4 is 11.9 Å². The Morgan fingerprint density at radius 2 is 1.14 bits per heavy atom. The van der Waals surface area contributed by atoms with Crippen molar-refractivity contribution in [3.8, 4) is 0 Å². The molecule has 2 atom stereocenters. The van der Waals surface area contributed by atoms with Gasteiger partial charge in [-0.05, 0) is 25.7 Å². The van der Waals surface area contributed by atoms with Crippen LogP contribution in [0.4, 0.5) is 0 Å². The third-order valence-corrected chi connectivity index (χ3v) is 3.45. The molecule has 0 amide bonds. The lowest BCUT2D eigenvalue weighted by Gasteiger charge is -2.13. The maximum Gasteiger partial charge on any atom is 0.305 e. The van der Waals surface area contributed by atoms with Gasteiger partial charge in [0.05, 0.1) is 12.2 Å². The molecule has 0 bridgehead atoms. The van der Waals surface area contributed by atoms with Crippen LogP contribution in [0, 0.1) is 0 Å². The molecule has 6 nitrogen and oxygen atoms in total. The fraction of sp³-hybridized carbons (Fsp3) is 0.875. The van der Waals surface area contributed by atoms with Gasteiger partial charge in [0.2, 0.25) is 0 Å². The standard InChI is InChI=1S/C16H30O6/c1-5-13(19-3)11-21-15(17)9-7-8-10-16(18)22-12-14(6-2)20-4/h13-14H,5-12H2,1-4H3. The third kappa shape index (κ3) is 10.6. The molecule has 6 heteroatoms. The van der Waals surface area contributed by atoms with E-state index in [1.165, 1.54) is 0 Å².